The highest BCUT2D eigenvalue weighted by Crippen LogP contribution is 2.42. The Morgan fingerprint density at radius 1 is 1.12 bits per heavy atom. The molecule has 0 aromatic heterocycles. The Hall–Kier alpha value is -1.77. The van der Waals surface area contributed by atoms with Crippen LogP contribution in [0.15, 0.2) is 30.3 Å². The number of terminal acetylenes is 1. The number of hydrogen-bond acceptors (Lipinski definition) is 2. The van der Waals surface area contributed by atoms with Crippen molar-refractivity contribution >= 4 is 0 Å². The molecule has 1 N–H and O–H groups in total. The lowest BCUT2D eigenvalue weighted by Crippen LogP contribution is -2.39. The van der Waals surface area contributed by atoms with Crippen LogP contribution in [-0.4, -0.2) is 10.7 Å². The van der Waals surface area contributed by atoms with Crippen molar-refractivity contribution in [2.45, 2.75) is 36.7 Å². The van der Waals surface area contributed by atoms with Crippen molar-refractivity contribution in [3.8, 4) is 18.4 Å². The van der Waals surface area contributed by atoms with Gasteiger partial charge >= 0.3 is 0 Å². The molecular weight excluding hydrogens is 210 g/mol. The Labute approximate surface area is 102 Å². The maximum atomic E-state index is 10.0. The first kappa shape index (κ1) is 11.7. The molecule has 1 aliphatic rings. The van der Waals surface area contributed by atoms with Gasteiger partial charge in [-0.05, 0) is 31.2 Å². The van der Waals surface area contributed by atoms with Gasteiger partial charge in [0.15, 0.2) is 0 Å². The van der Waals surface area contributed by atoms with Crippen molar-refractivity contribution in [1.82, 2.24) is 0 Å². The third-order valence-corrected chi connectivity index (χ3v) is 3.74. The first-order valence-electron chi connectivity index (χ1n) is 5.81. The van der Waals surface area contributed by atoms with Gasteiger partial charge in [-0.3, -0.25) is 0 Å². The number of benzene rings is 1. The summed E-state index contributed by atoms with van der Waals surface area (Å²) in [5.74, 6) is 2.44. The topological polar surface area (TPSA) is 44.0 Å². The maximum absolute atomic E-state index is 10.0. The van der Waals surface area contributed by atoms with Crippen LogP contribution < -0.4 is 0 Å². The molecular formula is C15H15NO. The lowest BCUT2D eigenvalue weighted by molar-refractivity contribution is 0.0450. The molecule has 17 heavy (non-hydrogen) atoms. The fourth-order valence-corrected chi connectivity index (χ4v) is 2.46. The van der Waals surface area contributed by atoms with Gasteiger partial charge in [0, 0.05) is 0 Å². The zero-order valence-electron chi connectivity index (χ0n) is 9.69. The minimum Gasteiger partial charge on any atom is -0.378 e. The molecule has 0 heterocycles. The Morgan fingerprint density at radius 3 is 2.18 bits per heavy atom. The van der Waals surface area contributed by atoms with Crippen LogP contribution in [0.2, 0.25) is 0 Å². The third kappa shape index (κ3) is 2.05. The smallest absolute Gasteiger partial charge is 0.125 e. The molecule has 86 valence electrons. The zero-order chi connectivity index (χ0) is 12.4. The van der Waals surface area contributed by atoms with Gasteiger partial charge in [0.25, 0.3) is 0 Å². The summed E-state index contributed by atoms with van der Waals surface area (Å²) in [7, 11) is 0. The molecule has 0 radical (unpaired) electrons. The summed E-state index contributed by atoms with van der Waals surface area (Å²) in [6.07, 6.45) is 7.55. The normalized spacial score (nSPS) is 32.4. The number of hydrogen-bond donors (Lipinski definition) is 1. The van der Waals surface area contributed by atoms with Crippen LogP contribution in [0.4, 0.5) is 0 Å². The fraction of sp³-hybridized carbons (Fsp3) is 0.400. The zero-order valence-corrected chi connectivity index (χ0v) is 9.69. The van der Waals surface area contributed by atoms with E-state index >= 15 is 0 Å². The largest absolute Gasteiger partial charge is 0.378 e. The van der Waals surface area contributed by atoms with Crippen molar-refractivity contribution in [2.75, 3.05) is 0 Å². The molecule has 2 nitrogen and oxygen atoms in total. The van der Waals surface area contributed by atoms with Gasteiger partial charge in [-0.1, -0.05) is 36.3 Å². The van der Waals surface area contributed by atoms with Gasteiger partial charge < -0.3 is 5.11 Å². The number of nitrogens with zero attached hydrogens (tertiary/aromatic N) is 1. The van der Waals surface area contributed by atoms with Gasteiger partial charge in [-0.15, -0.1) is 6.42 Å². The molecule has 0 spiro atoms. The van der Waals surface area contributed by atoms with E-state index in [1.54, 1.807) is 0 Å². The average molecular weight is 225 g/mol. The van der Waals surface area contributed by atoms with Crippen LogP contribution in [0, 0.1) is 23.7 Å². The van der Waals surface area contributed by atoms with Crippen molar-refractivity contribution in [3.63, 3.8) is 0 Å². The highest BCUT2D eigenvalue weighted by molar-refractivity contribution is 5.34. The van der Waals surface area contributed by atoms with Crippen molar-refractivity contribution < 1.29 is 5.11 Å². The van der Waals surface area contributed by atoms with Gasteiger partial charge in [0.05, 0.1) is 11.5 Å². The van der Waals surface area contributed by atoms with E-state index in [1.807, 2.05) is 30.3 Å². The van der Waals surface area contributed by atoms with Crippen LogP contribution in [0.5, 0.6) is 0 Å². The lowest BCUT2D eigenvalue weighted by atomic mass is 9.66. The molecule has 0 bridgehead atoms. The van der Waals surface area contributed by atoms with Crippen LogP contribution in [0.1, 0.15) is 31.2 Å². The third-order valence-electron chi connectivity index (χ3n) is 3.74. The van der Waals surface area contributed by atoms with E-state index in [9.17, 15) is 10.4 Å². The SMILES string of the molecule is C#C[C@]1(O)CC[C@@](C#N)(c2ccccc2)CC1. The number of rotatable bonds is 1. The molecule has 1 saturated carbocycles. The second-order valence-corrected chi connectivity index (χ2v) is 4.74. The highest BCUT2D eigenvalue weighted by Gasteiger charge is 2.42. The molecule has 2 rings (SSSR count). The Kier molecular flexibility index (Phi) is 2.92. The van der Waals surface area contributed by atoms with E-state index in [0.717, 1.165) is 5.56 Å². The molecule has 0 unspecified atom stereocenters. The quantitative estimate of drug-likeness (QED) is 0.746. The molecule has 0 atom stereocenters. The van der Waals surface area contributed by atoms with Crippen LogP contribution in [0.25, 0.3) is 0 Å². The van der Waals surface area contributed by atoms with E-state index in [4.69, 9.17) is 6.42 Å². The average Bonchev–Trinajstić information content (AvgIpc) is 2.41. The van der Waals surface area contributed by atoms with E-state index in [0.29, 0.717) is 25.7 Å². The van der Waals surface area contributed by atoms with E-state index in [2.05, 4.69) is 12.0 Å². The first-order valence-corrected chi connectivity index (χ1v) is 5.81. The summed E-state index contributed by atoms with van der Waals surface area (Å²) in [4.78, 5) is 0. The van der Waals surface area contributed by atoms with Crippen molar-refractivity contribution in [2.24, 2.45) is 0 Å². The molecule has 1 aliphatic carbocycles. The second kappa shape index (κ2) is 4.24. The molecule has 0 aliphatic heterocycles. The minimum absolute atomic E-state index is 0.482. The Balaban J connectivity index is 2.27. The molecule has 0 amide bonds. The van der Waals surface area contributed by atoms with E-state index < -0.39 is 11.0 Å². The minimum atomic E-state index is -1.02. The first-order chi connectivity index (χ1) is 8.14. The van der Waals surface area contributed by atoms with E-state index in [-0.39, 0.29) is 0 Å². The second-order valence-electron chi connectivity index (χ2n) is 4.74. The fourth-order valence-electron chi connectivity index (χ4n) is 2.46. The predicted molar refractivity (Wildman–Crippen MR) is 66.0 cm³/mol. The molecule has 1 aromatic rings. The van der Waals surface area contributed by atoms with Gasteiger partial charge in [0.1, 0.15) is 5.60 Å². The van der Waals surface area contributed by atoms with Gasteiger partial charge in [-0.2, -0.15) is 5.26 Å². The van der Waals surface area contributed by atoms with Crippen molar-refractivity contribution in [1.29, 1.82) is 5.26 Å². The van der Waals surface area contributed by atoms with Gasteiger partial charge in [0.2, 0.25) is 0 Å². The van der Waals surface area contributed by atoms with Crippen LogP contribution in [0.3, 0.4) is 0 Å². The molecule has 0 saturated heterocycles. The van der Waals surface area contributed by atoms with Crippen molar-refractivity contribution in [3.05, 3.63) is 35.9 Å². The standard InChI is InChI=1S/C15H15NO/c1-2-15(17)10-8-14(12-16,9-11-15)13-6-4-3-5-7-13/h1,3-7,17H,8-11H2/t14-,15+. The lowest BCUT2D eigenvalue weighted by Gasteiger charge is -2.37. The maximum Gasteiger partial charge on any atom is 0.125 e. The predicted octanol–water partition coefficient (Wildman–Crippen LogP) is 2.39. The highest BCUT2D eigenvalue weighted by atomic mass is 16.3. The molecule has 1 fully saturated rings. The summed E-state index contributed by atoms with van der Waals surface area (Å²) in [5, 5.41) is 19.5. The number of aliphatic hydroxyl groups is 1. The van der Waals surface area contributed by atoms with Crippen LogP contribution in [-0.2, 0) is 5.41 Å². The van der Waals surface area contributed by atoms with Crippen LogP contribution >= 0.6 is 0 Å². The van der Waals surface area contributed by atoms with Gasteiger partial charge in [-0.25, -0.2) is 0 Å². The Bertz CT molecular complexity index is 470. The molecule has 2 heteroatoms. The summed E-state index contributed by atoms with van der Waals surface area (Å²) in [6, 6.07) is 12.2. The molecule has 1 aromatic carbocycles. The monoisotopic (exact) mass is 225 g/mol. The summed E-state index contributed by atoms with van der Waals surface area (Å²) < 4.78 is 0. The Morgan fingerprint density at radius 2 is 1.71 bits per heavy atom. The summed E-state index contributed by atoms with van der Waals surface area (Å²) >= 11 is 0. The van der Waals surface area contributed by atoms with E-state index in [1.165, 1.54) is 0 Å². The summed E-state index contributed by atoms with van der Waals surface area (Å²) in [5.41, 5.74) is -0.471. The summed E-state index contributed by atoms with van der Waals surface area (Å²) in [6.45, 7) is 0. The number of nitriles is 1.